The highest BCUT2D eigenvalue weighted by Gasteiger charge is 2.06. The van der Waals surface area contributed by atoms with E-state index in [1.54, 1.807) is 0 Å². The second-order valence-electron chi connectivity index (χ2n) is 4.77. The SMILES string of the molecule is CC(NCc1cccc2ccccc12)c1cn[nH]c1. The van der Waals surface area contributed by atoms with Gasteiger partial charge in [0.05, 0.1) is 6.20 Å². The van der Waals surface area contributed by atoms with Gasteiger partial charge in [-0.25, -0.2) is 0 Å². The number of nitrogens with zero attached hydrogens (tertiary/aromatic N) is 1. The highest BCUT2D eigenvalue weighted by Crippen LogP contribution is 2.19. The molecule has 3 aromatic rings. The monoisotopic (exact) mass is 251 g/mol. The van der Waals surface area contributed by atoms with Crippen LogP contribution in [0.3, 0.4) is 0 Å². The molecule has 0 aliphatic carbocycles. The Morgan fingerprint density at radius 3 is 2.84 bits per heavy atom. The van der Waals surface area contributed by atoms with Gasteiger partial charge in [-0.2, -0.15) is 5.10 Å². The van der Waals surface area contributed by atoms with Crippen LogP contribution in [0.4, 0.5) is 0 Å². The lowest BCUT2D eigenvalue weighted by atomic mass is 10.0. The molecule has 0 fully saturated rings. The maximum Gasteiger partial charge on any atom is 0.0534 e. The first-order valence-corrected chi connectivity index (χ1v) is 6.53. The molecule has 3 heteroatoms. The largest absolute Gasteiger partial charge is 0.306 e. The van der Waals surface area contributed by atoms with E-state index in [1.807, 2.05) is 12.4 Å². The molecule has 0 spiro atoms. The fourth-order valence-electron chi connectivity index (χ4n) is 2.33. The van der Waals surface area contributed by atoms with Gasteiger partial charge in [0.15, 0.2) is 0 Å². The summed E-state index contributed by atoms with van der Waals surface area (Å²) in [5.74, 6) is 0. The minimum absolute atomic E-state index is 0.290. The van der Waals surface area contributed by atoms with Gasteiger partial charge in [-0.05, 0) is 23.3 Å². The lowest BCUT2D eigenvalue weighted by molar-refractivity contribution is 0.576. The topological polar surface area (TPSA) is 40.7 Å². The number of fused-ring (bicyclic) bond motifs is 1. The van der Waals surface area contributed by atoms with Crippen LogP contribution in [-0.4, -0.2) is 10.2 Å². The molecule has 0 aliphatic heterocycles. The summed E-state index contributed by atoms with van der Waals surface area (Å²) in [4.78, 5) is 0. The Balaban J connectivity index is 1.79. The van der Waals surface area contributed by atoms with E-state index in [0.29, 0.717) is 0 Å². The molecule has 2 aromatic carbocycles. The molecule has 2 N–H and O–H groups in total. The smallest absolute Gasteiger partial charge is 0.0534 e. The molecule has 1 atom stereocenters. The molecule has 3 rings (SSSR count). The highest BCUT2D eigenvalue weighted by molar-refractivity contribution is 5.85. The number of aromatic nitrogens is 2. The zero-order valence-corrected chi connectivity index (χ0v) is 10.9. The molecule has 0 bridgehead atoms. The number of rotatable bonds is 4. The Morgan fingerprint density at radius 1 is 1.16 bits per heavy atom. The normalized spacial score (nSPS) is 12.7. The van der Waals surface area contributed by atoms with Crippen molar-refractivity contribution in [3.05, 3.63) is 66.0 Å². The average molecular weight is 251 g/mol. The first-order chi connectivity index (χ1) is 9.34. The molecular formula is C16H17N3. The maximum atomic E-state index is 3.98. The van der Waals surface area contributed by atoms with Crippen LogP contribution in [0.15, 0.2) is 54.9 Å². The lowest BCUT2D eigenvalue weighted by Crippen LogP contribution is -2.17. The standard InChI is InChI=1S/C16H17N3/c1-12(15-10-18-19-11-15)17-9-14-7-4-6-13-5-2-3-8-16(13)14/h2-8,10-12,17H,9H2,1H3,(H,18,19). The van der Waals surface area contributed by atoms with Crippen molar-refractivity contribution in [3.63, 3.8) is 0 Å². The summed E-state index contributed by atoms with van der Waals surface area (Å²) in [5.41, 5.74) is 2.51. The molecule has 1 unspecified atom stereocenters. The third kappa shape index (κ3) is 2.51. The Labute approximate surface area is 112 Å². The number of benzene rings is 2. The van der Waals surface area contributed by atoms with E-state index in [2.05, 4.69) is 64.9 Å². The summed E-state index contributed by atoms with van der Waals surface area (Å²) >= 11 is 0. The fourth-order valence-corrected chi connectivity index (χ4v) is 2.33. The van der Waals surface area contributed by atoms with Crippen molar-refractivity contribution in [1.29, 1.82) is 0 Å². The summed E-state index contributed by atoms with van der Waals surface area (Å²) in [6.07, 6.45) is 3.79. The molecule has 1 aromatic heterocycles. The van der Waals surface area contributed by atoms with Gasteiger partial charge in [0.1, 0.15) is 0 Å². The van der Waals surface area contributed by atoms with E-state index < -0.39 is 0 Å². The third-order valence-electron chi connectivity index (χ3n) is 3.50. The fraction of sp³-hybridized carbons (Fsp3) is 0.188. The summed E-state index contributed by atoms with van der Waals surface area (Å²) in [5, 5.41) is 13.0. The number of H-pyrrole nitrogens is 1. The number of nitrogens with one attached hydrogen (secondary N) is 2. The molecule has 0 aliphatic rings. The van der Waals surface area contributed by atoms with Crippen molar-refractivity contribution in [2.45, 2.75) is 19.5 Å². The van der Waals surface area contributed by atoms with Crippen molar-refractivity contribution in [2.75, 3.05) is 0 Å². The summed E-state index contributed by atoms with van der Waals surface area (Å²) in [6.45, 7) is 3.00. The number of aromatic amines is 1. The van der Waals surface area contributed by atoms with Crippen molar-refractivity contribution in [1.82, 2.24) is 15.5 Å². The zero-order valence-electron chi connectivity index (χ0n) is 10.9. The summed E-state index contributed by atoms with van der Waals surface area (Å²) in [7, 11) is 0. The average Bonchev–Trinajstić information content (AvgIpc) is 2.99. The third-order valence-corrected chi connectivity index (χ3v) is 3.50. The van der Waals surface area contributed by atoms with Gasteiger partial charge in [0.25, 0.3) is 0 Å². The van der Waals surface area contributed by atoms with Gasteiger partial charge in [0.2, 0.25) is 0 Å². The minimum atomic E-state index is 0.290. The van der Waals surface area contributed by atoms with Crippen molar-refractivity contribution in [2.24, 2.45) is 0 Å². The quantitative estimate of drug-likeness (QED) is 0.746. The van der Waals surface area contributed by atoms with Crippen LogP contribution in [0.1, 0.15) is 24.1 Å². The lowest BCUT2D eigenvalue weighted by Gasteiger charge is -2.13. The van der Waals surface area contributed by atoms with E-state index >= 15 is 0 Å². The van der Waals surface area contributed by atoms with Gasteiger partial charge < -0.3 is 5.32 Å². The Bertz CT molecular complexity index is 653. The summed E-state index contributed by atoms with van der Waals surface area (Å²) in [6, 6.07) is 15.2. The molecule has 0 radical (unpaired) electrons. The molecule has 1 heterocycles. The van der Waals surface area contributed by atoms with Crippen LogP contribution < -0.4 is 5.32 Å². The Morgan fingerprint density at radius 2 is 2.00 bits per heavy atom. The first kappa shape index (κ1) is 11.9. The highest BCUT2D eigenvalue weighted by atomic mass is 15.1. The molecule has 3 nitrogen and oxygen atoms in total. The Kier molecular flexibility index (Phi) is 3.29. The first-order valence-electron chi connectivity index (χ1n) is 6.53. The van der Waals surface area contributed by atoms with E-state index in [0.717, 1.165) is 6.54 Å². The van der Waals surface area contributed by atoms with Gasteiger partial charge in [-0.1, -0.05) is 42.5 Å². The van der Waals surface area contributed by atoms with Gasteiger partial charge in [0, 0.05) is 24.3 Å². The van der Waals surface area contributed by atoms with Gasteiger partial charge >= 0.3 is 0 Å². The van der Waals surface area contributed by atoms with Crippen LogP contribution in [0.2, 0.25) is 0 Å². The predicted molar refractivity (Wildman–Crippen MR) is 77.8 cm³/mol. The zero-order chi connectivity index (χ0) is 13.1. The van der Waals surface area contributed by atoms with E-state index in [1.165, 1.54) is 21.9 Å². The maximum absolute atomic E-state index is 3.98. The van der Waals surface area contributed by atoms with Crippen molar-refractivity contribution < 1.29 is 0 Å². The molecule has 19 heavy (non-hydrogen) atoms. The molecule has 0 saturated carbocycles. The van der Waals surface area contributed by atoms with Crippen LogP contribution in [0, 0.1) is 0 Å². The van der Waals surface area contributed by atoms with Crippen molar-refractivity contribution >= 4 is 10.8 Å². The van der Waals surface area contributed by atoms with E-state index in [9.17, 15) is 0 Å². The van der Waals surface area contributed by atoms with Crippen molar-refractivity contribution in [3.8, 4) is 0 Å². The minimum Gasteiger partial charge on any atom is -0.306 e. The van der Waals surface area contributed by atoms with Crippen LogP contribution >= 0.6 is 0 Å². The Hall–Kier alpha value is -2.13. The molecule has 0 amide bonds. The van der Waals surface area contributed by atoms with E-state index in [-0.39, 0.29) is 6.04 Å². The second kappa shape index (κ2) is 5.24. The van der Waals surface area contributed by atoms with Crippen LogP contribution in [0.5, 0.6) is 0 Å². The van der Waals surface area contributed by atoms with E-state index in [4.69, 9.17) is 0 Å². The summed E-state index contributed by atoms with van der Waals surface area (Å²) < 4.78 is 0. The van der Waals surface area contributed by atoms with Gasteiger partial charge in [-0.15, -0.1) is 0 Å². The van der Waals surface area contributed by atoms with Gasteiger partial charge in [-0.3, -0.25) is 5.10 Å². The van der Waals surface area contributed by atoms with Crippen LogP contribution in [0.25, 0.3) is 10.8 Å². The number of hydrogen-bond donors (Lipinski definition) is 2. The van der Waals surface area contributed by atoms with Crippen LogP contribution in [-0.2, 0) is 6.54 Å². The molecular weight excluding hydrogens is 234 g/mol. The predicted octanol–water partition coefficient (Wildman–Crippen LogP) is 3.41. The second-order valence-corrected chi connectivity index (χ2v) is 4.77. The molecule has 96 valence electrons. The molecule has 0 saturated heterocycles. The number of hydrogen-bond acceptors (Lipinski definition) is 2.